The van der Waals surface area contributed by atoms with Crippen LogP contribution in [-0.2, 0) is 14.3 Å². The van der Waals surface area contributed by atoms with Gasteiger partial charge in [-0.2, -0.15) is 0 Å². The number of hydrogen-bond donors (Lipinski definition) is 2. The number of morpholine rings is 1. The normalized spacial score (nSPS) is 25.3. The Balaban J connectivity index is 1.65. The van der Waals surface area contributed by atoms with Crippen molar-refractivity contribution in [2.75, 3.05) is 25.1 Å². The molecule has 2 aliphatic rings. The Morgan fingerprint density at radius 2 is 1.96 bits per heavy atom. The van der Waals surface area contributed by atoms with Crippen molar-refractivity contribution in [2.24, 2.45) is 11.8 Å². The Morgan fingerprint density at radius 3 is 2.56 bits per heavy atom. The van der Waals surface area contributed by atoms with E-state index in [9.17, 15) is 14.4 Å². The molecule has 0 bridgehead atoms. The van der Waals surface area contributed by atoms with E-state index in [-0.39, 0.29) is 30.8 Å². The lowest BCUT2D eigenvalue weighted by molar-refractivity contribution is -0.139. The van der Waals surface area contributed by atoms with Crippen molar-refractivity contribution in [3.05, 3.63) is 29.8 Å². The number of carbonyl (C=O) groups is 3. The summed E-state index contributed by atoms with van der Waals surface area (Å²) in [5.41, 5.74) is 1.12. The molecule has 1 aliphatic carbocycles. The van der Waals surface area contributed by atoms with Gasteiger partial charge in [-0.05, 0) is 36.6 Å². The molecule has 2 amide bonds. The molecular formula is C18H22N2O5. The molecule has 0 aromatic heterocycles. The molecule has 7 nitrogen and oxygen atoms in total. The average molecular weight is 346 g/mol. The van der Waals surface area contributed by atoms with E-state index in [4.69, 9.17) is 9.84 Å². The van der Waals surface area contributed by atoms with Gasteiger partial charge in [0, 0.05) is 23.7 Å². The Morgan fingerprint density at radius 1 is 1.28 bits per heavy atom. The first-order chi connectivity index (χ1) is 12.0. The third-order valence-corrected chi connectivity index (χ3v) is 4.74. The molecule has 2 fully saturated rings. The fourth-order valence-corrected chi connectivity index (χ4v) is 3.08. The minimum absolute atomic E-state index is 0.0151. The van der Waals surface area contributed by atoms with Gasteiger partial charge in [0.15, 0.2) is 0 Å². The summed E-state index contributed by atoms with van der Waals surface area (Å²) in [5.74, 6) is -0.634. The second kappa shape index (κ2) is 7.23. The molecule has 0 spiro atoms. The van der Waals surface area contributed by atoms with E-state index in [1.54, 1.807) is 29.2 Å². The molecule has 1 aliphatic heterocycles. The predicted molar refractivity (Wildman–Crippen MR) is 90.2 cm³/mol. The molecule has 3 unspecified atom stereocenters. The van der Waals surface area contributed by atoms with Gasteiger partial charge >= 0.3 is 5.97 Å². The molecule has 134 valence electrons. The molecule has 1 aromatic carbocycles. The quantitative estimate of drug-likeness (QED) is 0.844. The number of carboxylic acids is 1. The van der Waals surface area contributed by atoms with Crippen LogP contribution in [0.4, 0.5) is 5.69 Å². The van der Waals surface area contributed by atoms with Crippen LogP contribution in [0.1, 0.15) is 30.1 Å². The highest BCUT2D eigenvalue weighted by molar-refractivity contribution is 5.97. The van der Waals surface area contributed by atoms with E-state index in [0.717, 1.165) is 6.42 Å². The van der Waals surface area contributed by atoms with Gasteiger partial charge in [-0.3, -0.25) is 14.4 Å². The number of nitrogens with zero attached hydrogens (tertiary/aromatic N) is 1. The number of carboxylic acid groups (broad SMARTS) is 1. The monoisotopic (exact) mass is 346 g/mol. The van der Waals surface area contributed by atoms with Gasteiger partial charge in [-0.1, -0.05) is 6.92 Å². The summed E-state index contributed by atoms with van der Waals surface area (Å²) in [6.45, 7) is 3.04. The molecule has 0 radical (unpaired) electrons. The van der Waals surface area contributed by atoms with Crippen LogP contribution >= 0.6 is 0 Å². The summed E-state index contributed by atoms with van der Waals surface area (Å²) in [4.78, 5) is 37.1. The fourth-order valence-electron chi connectivity index (χ4n) is 3.08. The number of benzene rings is 1. The largest absolute Gasteiger partial charge is 0.481 e. The lowest BCUT2D eigenvalue weighted by Crippen LogP contribution is -2.49. The molecule has 25 heavy (non-hydrogen) atoms. The summed E-state index contributed by atoms with van der Waals surface area (Å²) in [6, 6.07) is 6.24. The molecule has 1 aromatic rings. The number of amides is 2. The third-order valence-electron chi connectivity index (χ3n) is 4.74. The zero-order chi connectivity index (χ0) is 18.0. The van der Waals surface area contributed by atoms with Crippen LogP contribution in [0.3, 0.4) is 0 Å². The third kappa shape index (κ3) is 4.17. The average Bonchev–Trinajstić information content (AvgIpc) is 3.32. The number of aliphatic carboxylic acids is 1. The van der Waals surface area contributed by atoms with E-state index < -0.39 is 12.0 Å². The van der Waals surface area contributed by atoms with Crippen molar-refractivity contribution in [3.8, 4) is 0 Å². The zero-order valence-corrected chi connectivity index (χ0v) is 14.1. The van der Waals surface area contributed by atoms with E-state index in [1.807, 2.05) is 6.92 Å². The van der Waals surface area contributed by atoms with E-state index >= 15 is 0 Å². The first-order valence-corrected chi connectivity index (χ1v) is 8.47. The number of hydrogen-bond acceptors (Lipinski definition) is 4. The molecule has 3 atom stereocenters. The first-order valence-electron chi connectivity index (χ1n) is 8.47. The van der Waals surface area contributed by atoms with E-state index in [0.29, 0.717) is 30.3 Å². The van der Waals surface area contributed by atoms with Crippen LogP contribution in [0.25, 0.3) is 0 Å². The molecule has 1 saturated heterocycles. The van der Waals surface area contributed by atoms with Crippen LogP contribution in [0.2, 0.25) is 0 Å². The van der Waals surface area contributed by atoms with Gasteiger partial charge in [0.1, 0.15) is 0 Å². The maximum absolute atomic E-state index is 12.7. The van der Waals surface area contributed by atoms with Crippen molar-refractivity contribution < 1.29 is 24.2 Å². The van der Waals surface area contributed by atoms with Crippen LogP contribution in [0, 0.1) is 11.8 Å². The van der Waals surface area contributed by atoms with Gasteiger partial charge in [-0.25, -0.2) is 0 Å². The fraction of sp³-hybridized carbons (Fsp3) is 0.500. The van der Waals surface area contributed by atoms with Gasteiger partial charge in [0.05, 0.1) is 25.7 Å². The zero-order valence-electron chi connectivity index (χ0n) is 14.1. The first kappa shape index (κ1) is 17.4. The molecule has 2 N–H and O–H groups in total. The Hall–Kier alpha value is -2.41. The number of anilines is 1. The maximum Gasteiger partial charge on any atom is 0.305 e. The molecule has 1 heterocycles. The van der Waals surface area contributed by atoms with Crippen LogP contribution < -0.4 is 5.32 Å². The summed E-state index contributed by atoms with van der Waals surface area (Å²) in [5, 5.41) is 11.8. The van der Waals surface area contributed by atoms with Crippen LogP contribution in [0.15, 0.2) is 24.3 Å². The van der Waals surface area contributed by atoms with Crippen LogP contribution in [0.5, 0.6) is 0 Å². The standard InChI is InChI=1S/C18H22N2O5/c1-11-8-15(11)17(23)19-13-4-2-12(3-5-13)18(24)20-6-7-25-10-14(20)9-16(21)22/h2-5,11,14-15H,6-10H2,1H3,(H,19,23)(H,21,22). The molecule has 7 heteroatoms. The van der Waals surface area contributed by atoms with Gasteiger partial charge in [-0.15, -0.1) is 0 Å². The molecular weight excluding hydrogens is 324 g/mol. The predicted octanol–water partition coefficient (Wildman–Crippen LogP) is 1.60. The minimum Gasteiger partial charge on any atom is -0.481 e. The van der Waals surface area contributed by atoms with Crippen molar-refractivity contribution in [2.45, 2.75) is 25.8 Å². The SMILES string of the molecule is CC1CC1C(=O)Nc1ccc(C(=O)N2CCOCC2CC(=O)O)cc1. The van der Waals surface area contributed by atoms with Crippen LogP contribution in [-0.4, -0.2) is 53.6 Å². The second-order valence-electron chi connectivity index (χ2n) is 6.71. The van der Waals surface area contributed by atoms with Gasteiger partial charge < -0.3 is 20.1 Å². The number of nitrogens with one attached hydrogen (secondary N) is 1. The van der Waals surface area contributed by atoms with Gasteiger partial charge in [0.2, 0.25) is 5.91 Å². The van der Waals surface area contributed by atoms with E-state index in [1.165, 1.54) is 0 Å². The van der Waals surface area contributed by atoms with Crippen molar-refractivity contribution in [1.82, 2.24) is 4.90 Å². The lowest BCUT2D eigenvalue weighted by atomic mass is 10.1. The summed E-state index contributed by atoms with van der Waals surface area (Å²) in [6.07, 6.45) is 0.782. The van der Waals surface area contributed by atoms with Crippen molar-refractivity contribution in [3.63, 3.8) is 0 Å². The Labute approximate surface area is 146 Å². The Bertz CT molecular complexity index is 673. The number of ether oxygens (including phenoxy) is 1. The van der Waals surface area contributed by atoms with Crippen molar-refractivity contribution >= 4 is 23.5 Å². The second-order valence-corrected chi connectivity index (χ2v) is 6.71. The van der Waals surface area contributed by atoms with Crippen molar-refractivity contribution in [1.29, 1.82) is 0 Å². The molecule has 1 saturated carbocycles. The maximum atomic E-state index is 12.7. The highest BCUT2D eigenvalue weighted by Gasteiger charge is 2.39. The number of carbonyl (C=O) groups excluding carboxylic acids is 2. The minimum atomic E-state index is -0.958. The van der Waals surface area contributed by atoms with Gasteiger partial charge in [0.25, 0.3) is 5.91 Å². The lowest BCUT2D eigenvalue weighted by Gasteiger charge is -2.34. The summed E-state index contributed by atoms with van der Waals surface area (Å²) >= 11 is 0. The highest BCUT2D eigenvalue weighted by atomic mass is 16.5. The number of rotatable bonds is 5. The summed E-state index contributed by atoms with van der Waals surface area (Å²) in [7, 11) is 0. The smallest absolute Gasteiger partial charge is 0.305 e. The molecule has 3 rings (SSSR count). The highest BCUT2D eigenvalue weighted by Crippen LogP contribution is 2.38. The topological polar surface area (TPSA) is 95.9 Å². The van der Waals surface area contributed by atoms with E-state index in [2.05, 4.69) is 5.32 Å². The Kier molecular flexibility index (Phi) is 5.03. The summed E-state index contributed by atoms with van der Waals surface area (Å²) < 4.78 is 5.29.